The lowest BCUT2D eigenvalue weighted by Gasteiger charge is -2.19. The van der Waals surface area contributed by atoms with Gasteiger partial charge in [-0.1, -0.05) is 17.8 Å². The van der Waals surface area contributed by atoms with Gasteiger partial charge < -0.3 is 5.32 Å². The van der Waals surface area contributed by atoms with E-state index in [1.807, 2.05) is 20.8 Å². The molecule has 24 heavy (non-hydrogen) atoms. The van der Waals surface area contributed by atoms with Crippen molar-refractivity contribution in [1.29, 1.82) is 0 Å². The molecule has 0 aliphatic rings. The van der Waals surface area contributed by atoms with E-state index in [1.165, 1.54) is 23.9 Å². The fourth-order valence-electron chi connectivity index (χ4n) is 1.96. The first-order chi connectivity index (χ1) is 11.2. The van der Waals surface area contributed by atoms with Gasteiger partial charge in [-0.3, -0.25) is 14.9 Å². The van der Waals surface area contributed by atoms with Crippen LogP contribution < -0.4 is 5.32 Å². The van der Waals surface area contributed by atoms with Gasteiger partial charge in [-0.05, 0) is 44.2 Å². The van der Waals surface area contributed by atoms with Crippen LogP contribution in [-0.2, 0) is 10.3 Å². The van der Waals surface area contributed by atoms with Gasteiger partial charge in [-0.25, -0.2) is 4.68 Å². The lowest BCUT2D eigenvalue weighted by molar-refractivity contribution is -0.385. The van der Waals surface area contributed by atoms with Crippen LogP contribution in [0.1, 0.15) is 26.3 Å². The maximum absolute atomic E-state index is 12.1. The Balaban J connectivity index is 2.04. The van der Waals surface area contributed by atoms with Crippen molar-refractivity contribution in [3.63, 3.8) is 0 Å². The van der Waals surface area contributed by atoms with Crippen LogP contribution in [0.15, 0.2) is 23.4 Å². The monoisotopic (exact) mass is 350 g/mol. The highest BCUT2D eigenvalue weighted by Gasteiger charge is 2.21. The molecule has 0 radical (unpaired) electrons. The number of nitro groups is 1. The molecule has 1 heterocycles. The predicted molar refractivity (Wildman–Crippen MR) is 90.0 cm³/mol. The van der Waals surface area contributed by atoms with Crippen LogP contribution in [0.5, 0.6) is 0 Å². The average Bonchev–Trinajstić information content (AvgIpc) is 2.95. The van der Waals surface area contributed by atoms with E-state index in [9.17, 15) is 14.9 Å². The minimum atomic E-state index is -0.475. The molecule has 1 aromatic heterocycles. The highest BCUT2D eigenvalue weighted by Crippen LogP contribution is 2.26. The third kappa shape index (κ3) is 4.07. The summed E-state index contributed by atoms with van der Waals surface area (Å²) in [5, 5.41) is 25.6. The standard InChI is InChI=1S/C14H18N6O3S/c1-9-10(6-5-7-11(9)20(22)23)15-12(21)8-24-13-16-17-18-19(13)14(2,3)4/h5-7H,8H2,1-4H3,(H,15,21). The fraction of sp³-hybridized carbons (Fsp3) is 0.429. The second-order valence-corrected chi connectivity index (χ2v) is 7.03. The number of thioether (sulfide) groups is 1. The molecular formula is C14H18N6O3S. The van der Waals surface area contributed by atoms with E-state index in [1.54, 1.807) is 17.7 Å². The first-order valence-corrected chi connectivity index (χ1v) is 8.14. The van der Waals surface area contributed by atoms with Crippen LogP contribution >= 0.6 is 11.8 Å². The number of nitrogens with zero attached hydrogens (tertiary/aromatic N) is 5. The first-order valence-electron chi connectivity index (χ1n) is 7.15. The molecule has 0 bridgehead atoms. The summed E-state index contributed by atoms with van der Waals surface area (Å²) >= 11 is 1.21. The fourth-order valence-corrected chi connectivity index (χ4v) is 2.82. The van der Waals surface area contributed by atoms with Gasteiger partial charge in [0.2, 0.25) is 11.1 Å². The Hall–Kier alpha value is -2.49. The summed E-state index contributed by atoms with van der Waals surface area (Å²) in [4.78, 5) is 22.6. The quantitative estimate of drug-likeness (QED) is 0.500. The number of carbonyl (C=O) groups excluding carboxylic acids is 1. The number of benzene rings is 1. The number of nitro benzene ring substituents is 1. The molecule has 10 heteroatoms. The van der Waals surface area contributed by atoms with E-state index in [0.717, 1.165) is 0 Å². The summed E-state index contributed by atoms with van der Waals surface area (Å²) in [6.45, 7) is 7.47. The third-order valence-corrected chi connectivity index (χ3v) is 4.10. The topological polar surface area (TPSA) is 116 Å². The molecule has 0 saturated carbocycles. The Bertz CT molecular complexity index is 768. The molecule has 2 rings (SSSR count). The van der Waals surface area contributed by atoms with E-state index in [-0.39, 0.29) is 22.9 Å². The third-order valence-electron chi connectivity index (χ3n) is 3.18. The second-order valence-electron chi connectivity index (χ2n) is 6.09. The molecule has 0 aliphatic heterocycles. The molecule has 0 aliphatic carbocycles. The van der Waals surface area contributed by atoms with Crippen molar-refractivity contribution in [2.24, 2.45) is 0 Å². The number of amides is 1. The minimum absolute atomic E-state index is 0.0304. The zero-order valence-electron chi connectivity index (χ0n) is 13.8. The molecule has 2 aromatic rings. The molecule has 1 amide bonds. The van der Waals surface area contributed by atoms with E-state index < -0.39 is 4.92 Å². The van der Waals surface area contributed by atoms with Crippen LogP contribution in [0.4, 0.5) is 11.4 Å². The molecule has 9 nitrogen and oxygen atoms in total. The van der Waals surface area contributed by atoms with Crippen molar-refractivity contribution in [2.45, 2.75) is 38.4 Å². The molecule has 1 N–H and O–H groups in total. The molecule has 128 valence electrons. The van der Waals surface area contributed by atoms with Crippen LogP contribution in [0, 0.1) is 17.0 Å². The van der Waals surface area contributed by atoms with Gasteiger partial charge in [0.15, 0.2) is 0 Å². The van der Waals surface area contributed by atoms with Crippen molar-refractivity contribution >= 4 is 29.0 Å². The predicted octanol–water partition coefficient (Wildman–Crippen LogP) is 2.38. The summed E-state index contributed by atoms with van der Waals surface area (Å²) in [7, 11) is 0. The van der Waals surface area contributed by atoms with Gasteiger partial charge in [0.25, 0.3) is 5.69 Å². The number of rotatable bonds is 5. The Labute approximate surface area is 143 Å². The Kier molecular flexibility index (Phi) is 5.17. The lowest BCUT2D eigenvalue weighted by Crippen LogP contribution is -2.24. The zero-order chi connectivity index (χ0) is 17.9. The molecule has 1 aromatic carbocycles. The van der Waals surface area contributed by atoms with E-state index in [4.69, 9.17) is 0 Å². The van der Waals surface area contributed by atoms with Crippen LogP contribution in [-0.4, -0.2) is 36.8 Å². The highest BCUT2D eigenvalue weighted by molar-refractivity contribution is 7.99. The van der Waals surface area contributed by atoms with Gasteiger partial charge >= 0.3 is 0 Å². The maximum atomic E-state index is 12.1. The van der Waals surface area contributed by atoms with E-state index in [2.05, 4.69) is 20.8 Å². The van der Waals surface area contributed by atoms with E-state index >= 15 is 0 Å². The minimum Gasteiger partial charge on any atom is -0.325 e. The number of nitrogens with one attached hydrogen (secondary N) is 1. The van der Waals surface area contributed by atoms with Crippen molar-refractivity contribution in [3.8, 4) is 0 Å². The summed E-state index contributed by atoms with van der Waals surface area (Å²) in [5.74, 6) is -0.189. The molecule has 0 unspecified atom stereocenters. The zero-order valence-corrected chi connectivity index (χ0v) is 14.6. The number of hydrogen-bond acceptors (Lipinski definition) is 7. The Morgan fingerprint density at radius 3 is 2.75 bits per heavy atom. The number of aromatic nitrogens is 4. The summed E-state index contributed by atoms with van der Waals surface area (Å²) in [6.07, 6.45) is 0. The Morgan fingerprint density at radius 1 is 1.42 bits per heavy atom. The van der Waals surface area contributed by atoms with Crippen molar-refractivity contribution in [3.05, 3.63) is 33.9 Å². The van der Waals surface area contributed by atoms with Crippen molar-refractivity contribution in [1.82, 2.24) is 20.2 Å². The smallest absolute Gasteiger partial charge is 0.274 e. The van der Waals surface area contributed by atoms with Crippen molar-refractivity contribution < 1.29 is 9.72 Å². The van der Waals surface area contributed by atoms with Gasteiger partial charge in [0.1, 0.15) is 0 Å². The number of carbonyl (C=O) groups is 1. The second kappa shape index (κ2) is 6.95. The summed E-state index contributed by atoms with van der Waals surface area (Å²) in [5.41, 5.74) is 0.515. The number of tetrazole rings is 1. The Morgan fingerprint density at radius 2 is 2.12 bits per heavy atom. The molecule has 0 atom stereocenters. The summed E-state index contributed by atoms with van der Waals surface area (Å²) < 4.78 is 1.64. The molecule has 0 fully saturated rings. The van der Waals surface area contributed by atoms with E-state index in [0.29, 0.717) is 16.4 Å². The highest BCUT2D eigenvalue weighted by atomic mass is 32.2. The largest absolute Gasteiger partial charge is 0.325 e. The normalized spacial score (nSPS) is 11.3. The molecule has 0 spiro atoms. The number of hydrogen-bond donors (Lipinski definition) is 1. The van der Waals surface area contributed by atoms with Gasteiger partial charge in [-0.2, -0.15) is 0 Å². The molecule has 0 saturated heterocycles. The van der Waals surface area contributed by atoms with Crippen LogP contribution in [0.2, 0.25) is 0 Å². The van der Waals surface area contributed by atoms with Crippen LogP contribution in [0.3, 0.4) is 0 Å². The van der Waals surface area contributed by atoms with Gasteiger partial charge in [0.05, 0.1) is 27.5 Å². The molecular weight excluding hydrogens is 332 g/mol. The van der Waals surface area contributed by atoms with Gasteiger partial charge in [-0.15, -0.1) is 5.10 Å². The maximum Gasteiger partial charge on any atom is 0.274 e. The first kappa shape index (κ1) is 17.9. The lowest BCUT2D eigenvalue weighted by atomic mass is 10.1. The van der Waals surface area contributed by atoms with Crippen LogP contribution in [0.25, 0.3) is 0 Å². The average molecular weight is 350 g/mol. The number of anilines is 1. The van der Waals surface area contributed by atoms with Gasteiger partial charge in [0, 0.05) is 6.07 Å². The SMILES string of the molecule is Cc1c(NC(=O)CSc2nnnn2C(C)(C)C)cccc1[N+](=O)[O-]. The van der Waals surface area contributed by atoms with Crippen molar-refractivity contribution in [2.75, 3.05) is 11.1 Å². The summed E-state index contributed by atoms with van der Waals surface area (Å²) in [6, 6.07) is 4.56.